The number of nitrogens with one attached hydrogen (secondary N) is 4. The number of rotatable bonds is 5. The van der Waals surface area contributed by atoms with Crippen LogP contribution < -0.4 is 21.3 Å². The molecule has 0 spiro atoms. The molecule has 1 fully saturated rings. The van der Waals surface area contributed by atoms with E-state index in [-0.39, 0.29) is 23.9 Å². The van der Waals surface area contributed by atoms with E-state index in [1.165, 1.54) is 0 Å². The fourth-order valence-electron chi connectivity index (χ4n) is 4.14. The molecule has 0 saturated carbocycles. The maximum absolute atomic E-state index is 12.6. The van der Waals surface area contributed by atoms with E-state index in [0.29, 0.717) is 12.4 Å². The van der Waals surface area contributed by atoms with E-state index < -0.39 is 6.29 Å². The zero-order valence-electron chi connectivity index (χ0n) is 18.0. The lowest BCUT2D eigenvalue weighted by molar-refractivity contribution is -0.130. The summed E-state index contributed by atoms with van der Waals surface area (Å²) in [6.45, 7) is 6.22. The first kappa shape index (κ1) is 20.9. The number of benzene rings is 2. The molecule has 4 rings (SSSR count). The standard InChI is InChI=1S/C23H28N6O2/c1-4-18-15(3)25-22(27-21(18)30)29-20(12-14(2)28-29)26-23(31)24-13-17-10-7-9-16-8-5-6-11-19(16)17/h5-12,15,18,22,25H,4,13H2,1-3H3,(H,27,30)(H2,24,26,31). The number of carbonyl (C=O) groups is 2. The minimum Gasteiger partial charge on any atom is -0.334 e. The predicted molar refractivity (Wildman–Crippen MR) is 120 cm³/mol. The highest BCUT2D eigenvalue weighted by molar-refractivity contribution is 5.90. The van der Waals surface area contributed by atoms with Crippen molar-refractivity contribution in [2.24, 2.45) is 5.92 Å². The van der Waals surface area contributed by atoms with E-state index in [2.05, 4.69) is 38.5 Å². The molecule has 162 valence electrons. The maximum atomic E-state index is 12.6. The average molecular weight is 421 g/mol. The molecule has 3 atom stereocenters. The van der Waals surface area contributed by atoms with Crippen molar-refractivity contribution in [1.29, 1.82) is 0 Å². The number of hydrogen-bond acceptors (Lipinski definition) is 4. The molecular weight excluding hydrogens is 392 g/mol. The van der Waals surface area contributed by atoms with Gasteiger partial charge in [0.2, 0.25) is 5.91 Å². The van der Waals surface area contributed by atoms with Gasteiger partial charge in [0, 0.05) is 18.7 Å². The smallest absolute Gasteiger partial charge is 0.320 e. The Kier molecular flexibility index (Phi) is 5.90. The number of carbonyl (C=O) groups excluding carboxylic acids is 2. The van der Waals surface area contributed by atoms with Crippen LogP contribution in [0.2, 0.25) is 0 Å². The molecule has 2 heterocycles. The third-order valence-corrected chi connectivity index (χ3v) is 5.74. The van der Waals surface area contributed by atoms with Crippen LogP contribution in [0.1, 0.15) is 37.8 Å². The first-order valence-corrected chi connectivity index (χ1v) is 10.6. The first-order valence-electron chi connectivity index (χ1n) is 10.6. The lowest BCUT2D eigenvalue weighted by atomic mass is 9.95. The summed E-state index contributed by atoms with van der Waals surface area (Å²) in [7, 11) is 0. The van der Waals surface area contributed by atoms with Crippen LogP contribution in [0.5, 0.6) is 0 Å². The molecule has 0 radical (unpaired) electrons. The molecule has 2 aromatic carbocycles. The van der Waals surface area contributed by atoms with Crippen LogP contribution in [-0.2, 0) is 11.3 Å². The van der Waals surface area contributed by atoms with Gasteiger partial charge in [-0.25, -0.2) is 9.48 Å². The van der Waals surface area contributed by atoms with Crippen molar-refractivity contribution in [2.75, 3.05) is 5.32 Å². The van der Waals surface area contributed by atoms with Gasteiger partial charge in [-0.05, 0) is 36.6 Å². The first-order chi connectivity index (χ1) is 15.0. The Morgan fingerprint density at radius 1 is 1.19 bits per heavy atom. The minimum absolute atomic E-state index is 0.00120. The fourth-order valence-corrected chi connectivity index (χ4v) is 4.14. The molecule has 8 nitrogen and oxygen atoms in total. The lowest BCUT2D eigenvalue weighted by Crippen LogP contribution is -2.57. The molecule has 1 aliphatic rings. The third-order valence-electron chi connectivity index (χ3n) is 5.74. The van der Waals surface area contributed by atoms with Gasteiger partial charge in [-0.15, -0.1) is 0 Å². The molecule has 1 aliphatic heterocycles. The SMILES string of the molecule is CCC1C(=O)NC(n2nc(C)cc2NC(=O)NCc2cccc3ccccc23)NC1C. The van der Waals surface area contributed by atoms with Crippen molar-refractivity contribution in [2.45, 2.75) is 46.1 Å². The van der Waals surface area contributed by atoms with Crippen molar-refractivity contribution >= 4 is 28.5 Å². The van der Waals surface area contributed by atoms with Crippen LogP contribution in [0.3, 0.4) is 0 Å². The van der Waals surface area contributed by atoms with Crippen molar-refractivity contribution in [3.63, 3.8) is 0 Å². The topological polar surface area (TPSA) is 100 Å². The average Bonchev–Trinajstić information content (AvgIpc) is 3.12. The zero-order valence-corrected chi connectivity index (χ0v) is 18.0. The van der Waals surface area contributed by atoms with Crippen molar-refractivity contribution in [3.8, 4) is 0 Å². The highest BCUT2D eigenvalue weighted by Gasteiger charge is 2.34. The van der Waals surface area contributed by atoms with E-state index in [0.717, 1.165) is 28.5 Å². The lowest BCUT2D eigenvalue weighted by Gasteiger charge is -2.35. The summed E-state index contributed by atoms with van der Waals surface area (Å²) in [6.07, 6.45) is 0.236. The van der Waals surface area contributed by atoms with E-state index in [4.69, 9.17) is 0 Å². The van der Waals surface area contributed by atoms with Crippen molar-refractivity contribution < 1.29 is 9.59 Å². The van der Waals surface area contributed by atoms with Crippen LogP contribution in [0.25, 0.3) is 10.8 Å². The molecule has 8 heteroatoms. The Bertz CT molecular complexity index is 1100. The largest absolute Gasteiger partial charge is 0.334 e. The van der Waals surface area contributed by atoms with Gasteiger partial charge >= 0.3 is 6.03 Å². The molecule has 0 aliphatic carbocycles. The normalized spacial score (nSPS) is 21.0. The molecule has 1 aromatic heterocycles. The highest BCUT2D eigenvalue weighted by Crippen LogP contribution is 2.21. The second-order valence-corrected chi connectivity index (χ2v) is 7.94. The van der Waals surface area contributed by atoms with Gasteiger partial charge in [-0.2, -0.15) is 5.10 Å². The van der Waals surface area contributed by atoms with Crippen LogP contribution in [0.4, 0.5) is 10.6 Å². The van der Waals surface area contributed by atoms with E-state index in [1.807, 2.05) is 51.1 Å². The zero-order chi connectivity index (χ0) is 22.0. The molecule has 0 bridgehead atoms. The molecule has 3 unspecified atom stereocenters. The van der Waals surface area contributed by atoms with E-state index in [1.54, 1.807) is 10.7 Å². The van der Waals surface area contributed by atoms with E-state index >= 15 is 0 Å². The Morgan fingerprint density at radius 3 is 2.74 bits per heavy atom. The Hall–Kier alpha value is -3.39. The van der Waals surface area contributed by atoms with Crippen molar-refractivity contribution in [3.05, 3.63) is 59.8 Å². The van der Waals surface area contributed by atoms with E-state index in [9.17, 15) is 9.59 Å². The summed E-state index contributed by atoms with van der Waals surface area (Å²) in [6, 6.07) is 15.6. The summed E-state index contributed by atoms with van der Waals surface area (Å²) in [5.41, 5.74) is 1.78. The second kappa shape index (κ2) is 8.77. The molecular formula is C23H28N6O2. The van der Waals surface area contributed by atoms with Crippen molar-refractivity contribution in [1.82, 2.24) is 25.7 Å². The molecule has 3 aromatic rings. The number of aromatic nitrogens is 2. The Balaban J connectivity index is 1.45. The van der Waals surface area contributed by atoms with Crippen LogP contribution in [-0.4, -0.2) is 27.8 Å². The fraction of sp³-hybridized carbons (Fsp3) is 0.348. The van der Waals surface area contributed by atoms with Gasteiger partial charge in [-0.3, -0.25) is 15.4 Å². The number of amides is 3. The number of aryl methyl sites for hydroxylation is 1. The summed E-state index contributed by atoms with van der Waals surface area (Å²) in [5.74, 6) is 0.402. The molecule has 4 N–H and O–H groups in total. The van der Waals surface area contributed by atoms with Crippen LogP contribution in [0, 0.1) is 12.8 Å². The minimum atomic E-state index is -0.521. The summed E-state index contributed by atoms with van der Waals surface area (Å²) < 4.78 is 1.60. The third kappa shape index (κ3) is 4.39. The summed E-state index contributed by atoms with van der Waals surface area (Å²) in [4.78, 5) is 25.1. The van der Waals surface area contributed by atoms with Gasteiger partial charge in [-0.1, -0.05) is 49.4 Å². The van der Waals surface area contributed by atoms with Gasteiger partial charge < -0.3 is 10.6 Å². The van der Waals surface area contributed by atoms with Gasteiger partial charge in [0.25, 0.3) is 0 Å². The van der Waals surface area contributed by atoms with Crippen LogP contribution >= 0.6 is 0 Å². The van der Waals surface area contributed by atoms with Gasteiger partial charge in [0.15, 0.2) is 6.29 Å². The predicted octanol–water partition coefficient (Wildman–Crippen LogP) is 3.26. The number of anilines is 1. The quantitative estimate of drug-likeness (QED) is 0.509. The summed E-state index contributed by atoms with van der Waals surface area (Å²) >= 11 is 0. The number of hydrogen-bond donors (Lipinski definition) is 4. The van der Waals surface area contributed by atoms with Gasteiger partial charge in [0.1, 0.15) is 5.82 Å². The Labute approximate surface area is 181 Å². The Morgan fingerprint density at radius 2 is 1.97 bits per heavy atom. The monoisotopic (exact) mass is 420 g/mol. The summed E-state index contributed by atoms with van der Waals surface area (Å²) in [5, 5.41) is 18.8. The molecule has 31 heavy (non-hydrogen) atoms. The number of fused-ring (bicyclic) bond motifs is 1. The van der Waals surface area contributed by atoms with Crippen LogP contribution in [0.15, 0.2) is 48.5 Å². The molecule has 1 saturated heterocycles. The number of urea groups is 1. The number of nitrogens with zero attached hydrogens (tertiary/aromatic N) is 2. The van der Waals surface area contributed by atoms with Gasteiger partial charge in [0.05, 0.1) is 11.6 Å². The second-order valence-electron chi connectivity index (χ2n) is 7.94. The maximum Gasteiger partial charge on any atom is 0.320 e. The molecule has 3 amide bonds. The highest BCUT2D eigenvalue weighted by atomic mass is 16.2.